The first kappa shape index (κ1) is 11.6. The number of aromatic nitrogens is 1. The number of carbonyl (C=O) groups is 1. The van der Waals surface area contributed by atoms with Crippen LogP contribution in [0.1, 0.15) is 10.4 Å². The Morgan fingerprint density at radius 1 is 1.29 bits per heavy atom. The summed E-state index contributed by atoms with van der Waals surface area (Å²) in [6, 6.07) is 8.61. The smallest absolute Gasteiger partial charge is 0.257 e. The minimum atomic E-state index is -0.313. The van der Waals surface area contributed by atoms with E-state index in [1.54, 1.807) is 12.1 Å². The predicted octanol–water partition coefficient (Wildman–Crippen LogP) is 2.80. The van der Waals surface area contributed by atoms with Crippen LogP contribution in [-0.2, 0) is 0 Å². The fourth-order valence-electron chi connectivity index (χ4n) is 1.32. The van der Waals surface area contributed by atoms with Crippen molar-refractivity contribution in [1.82, 2.24) is 4.98 Å². The fourth-order valence-corrected chi connectivity index (χ4v) is 1.72. The SMILES string of the molecule is O=C(Nc1cccc(Br)c1)c1cncc(O)c1. The molecule has 0 fully saturated rings. The molecule has 0 spiro atoms. The van der Waals surface area contributed by atoms with Crippen molar-refractivity contribution in [2.24, 2.45) is 0 Å². The second kappa shape index (κ2) is 4.97. The molecule has 1 aromatic carbocycles. The van der Waals surface area contributed by atoms with Gasteiger partial charge in [-0.15, -0.1) is 0 Å². The van der Waals surface area contributed by atoms with Crippen molar-refractivity contribution >= 4 is 27.5 Å². The molecule has 2 aromatic rings. The van der Waals surface area contributed by atoms with Crippen LogP contribution in [-0.4, -0.2) is 16.0 Å². The van der Waals surface area contributed by atoms with Crippen molar-refractivity contribution in [2.45, 2.75) is 0 Å². The van der Waals surface area contributed by atoms with Crippen LogP contribution in [0.25, 0.3) is 0 Å². The summed E-state index contributed by atoms with van der Waals surface area (Å²) in [7, 11) is 0. The van der Waals surface area contributed by atoms with Gasteiger partial charge in [-0.2, -0.15) is 0 Å². The molecular formula is C12H9BrN2O2. The van der Waals surface area contributed by atoms with Crippen LogP contribution < -0.4 is 5.32 Å². The summed E-state index contributed by atoms with van der Waals surface area (Å²) in [5, 5.41) is 11.9. The quantitative estimate of drug-likeness (QED) is 0.895. The van der Waals surface area contributed by atoms with Crippen molar-refractivity contribution in [3.8, 4) is 5.75 Å². The summed E-state index contributed by atoms with van der Waals surface area (Å²) >= 11 is 3.32. The minimum absolute atomic E-state index is 0.0353. The molecule has 0 aliphatic rings. The van der Waals surface area contributed by atoms with Gasteiger partial charge in [0.15, 0.2) is 0 Å². The summed E-state index contributed by atoms with van der Waals surface area (Å²) in [5.74, 6) is -0.349. The molecule has 2 rings (SSSR count). The van der Waals surface area contributed by atoms with E-state index in [0.29, 0.717) is 11.3 Å². The minimum Gasteiger partial charge on any atom is -0.506 e. The molecule has 4 nitrogen and oxygen atoms in total. The van der Waals surface area contributed by atoms with Crippen LogP contribution in [0.2, 0.25) is 0 Å². The van der Waals surface area contributed by atoms with E-state index in [0.717, 1.165) is 4.47 Å². The summed E-state index contributed by atoms with van der Waals surface area (Å²) in [6.45, 7) is 0. The standard InChI is InChI=1S/C12H9BrN2O2/c13-9-2-1-3-10(5-9)15-12(17)8-4-11(16)7-14-6-8/h1-7,16H,(H,15,17). The van der Waals surface area contributed by atoms with Gasteiger partial charge >= 0.3 is 0 Å². The molecule has 0 bridgehead atoms. The van der Waals surface area contributed by atoms with E-state index in [1.807, 2.05) is 12.1 Å². The number of nitrogens with zero attached hydrogens (tertiary/aromatic N) is 1. The molecular weight excluding hydrogens is 284 g/mol. The Morgan fingerprint density at radius 3 is 2.82 bits per heavy atom. The molecule has 0 aliphatic heterocycles. The van der Waals surface area contributed by atoms with E-state index in [-0.39, 0.29) is 11.7 Å². The summed E-state index contributed by atoms with van der Waals surface area (Å²) < 4.78 is 0.879. The van der Waals surface area contributed by atoms with Gasteiger partial charge in [-0.25, -0.2) is 0 Å². The van der Waals surface area contributed by atoms with E-state index in [2.05, 4.69) is 26.2 Å². The van der Waals surface area contributed by atoms with Crippen molar-refractivity contribution in [1.29, 1.82) is 0 Å². The maximum Gasteiger partial charge on any atom is 0.257 e. The van der Waals surface area contributed by atoms with Gasteiger partial charge < -0.3 is 10.4 Å². The Labute approximate surface area is 106 Å². The van der Waals surface area contributed by atoms with Gasteiger partial charge in [-0.1, -0.05) is 22.0 Å². The first-order valence-electron chi connectivity index (χ1n) is 4.86. The number of rotatable bonds is 2. The topological polar surface area (TPSA) is 62.2 Å². The highest BCUT2D eigenvalue weighted by Crippen LogP contribution is 2.17. The number of hydrogen-bond donors (Lipinski definition) is 2. The maximum absolute atomic E-state index is 11.8. The van der Waals surface area contributed by atoms with E-state index >= 15 is 0 Å². The van der Waals surface area contributed by atoms with Gasteiger partial charge in [-0.3, -0.25) is 9.78 Å². The highest BCUT2D eigenvalue weighted by atomic mass is 79.9. The lowest BCUT2D eigenvalue weighted by atomic mass is 10.2. The van der Waals surface area contributed by atoms with Crippen LogP contribution in [0.5, 0.6) is 5.75 Å². The number of nitrogens with one attached hydrogen (secondary N) is 1. The summed E-state index contributed by atoms with van der Waals surface area (Å²) in [5.41, 5.74) is 0.984. The average Bonchev–Trinajstić information content (AvgIpc) is 2.29. The molecule has 1 heterocycles. The molecule has 1 amide bonds. The van der Waals surface area contributed by atoms with Crippen LogP contribution in [0, 0.1) is 0 Å². The molecule has 0 radical (unpaired) electrons. The third kappa shape index (κ3) is 3.04. The number of benzene rings is 1. The van der Waals surface area contributed by atoms with E-state index in [1.165, 1.54) is 18.5 Å². The van der Waals surface area contributed by atoms with Crippen molar-refractivity contribution in [3.63, 3.8) is 0 Å². The van der Waals surface area contributed by atoms with Crippen LogP contribution in [0.4, 0.5) is 5.69 Å². The van der Waals surface area contributed by atoms with Gasteiger partial charge in [0.2, 0.25) is 0 Å². The Hall–Kier alpha value is -1.88. The number of carbonyl (C=O) groups excluding carboxylic acids is 1. The number of halogens is 1. The third-order valence-electron chi connectivity index (χ3n) is 2.07. The van der Waals surface area contributed by atoms with Gasteiger partial charge in [0, 0.05) is 16.4 Å². The molecule has 17 heavy (non-hydrogen) atoms. The van der Waals surface area contributed by atoms with Crippen molar-refractivity contribution in [3.05, 3.63) is 52.8 Å². The number of aromatic hydroxyl groups is 1. The Bertz CT molecular complexity index is 558. The second-order valence-electron chi connectivity index (χ2n) is 3.40. The molecule has 2 N–H and O–H groups in total. The Kier molecular flexibility index (Phi) is 3.39. The normalized spacial score (nSPS) is 9.94. The molecule has 0 aliphatic carbocycles. The zero-order valence-electron chi connectivity index (χ0n) is 8.72. The molecule has 0 atom stereocenters. The molecule has 0 saturated heterocycles. The van der Waals surface area contributed by atoms with Crippen molar-refractivity contribution < 1.29 is 9.90 Å². The molecule has 0 saturated carbocycles. The van der Waals surface area contributed by atoms with Gasteiger partial charge in [0.05, 0.1) is 11.8 Å². The zero-order valence-corrected chi connectivity index (χ0v) is 10.3. The van der Waals surface area contributed by atoms with E-state index in [9.17, 15) is 9.90 Å². The molecule has 5 heteroatoms. The van der Waals surface area contributed by atoms with Gasteiger partial charge in [0.1, 0.15) is 5.75 Å². The molecule has 86 valence electrons. The largest absolute Gasteiger partial charge is 0.506 e. The van der Waals surface area contributed by atoms with Crippen LogP contribution in [0.3, 0.4) is 0 Å². The number of anilines is 1. The monoisotopic (exact) mass is 292 g/mol. The van der Waals surface area contributed by atoms with Crippen LogP contribution in [0.15, 0.2) is 47.2 Å². The zero-order chi connectivity index (χ0) is 12.3. The van der Waals surface area contributed by atoms with Crippen molar-refractivity contribution in [2.75, 3.05) is 5.32 Å². The summed E-state index contributed by atoms with van der Waals surface area (Å²) in [4.78, 5) is 15.5. The maximum atomic E-state index is 11.8. The number of pyridine rings is 1. The van der Waals surface area contributed by atoms with E-state index in [4.69, 9.17) is 0 Å². The highest BCUT2D eigenvalue weighted by Gasteiger charge is 2.07. The lowest BCUT2D eigenvalue weighted by molar-refractivity contribution is 0.102. The number of amides is 1. The van der Waals surface area contributed by atoms with Gasteiger partial charge in [0.25, 0.3) is 5.91 Å². The Balaban J connectivity index is 2.17. The predicted molar refractivity (Wildman–Crippen MR) is 68.0 cm³/mol. The highest BCUT2D eigenvalue weighted by molar-refractivity contribution is 9.10. The molecule has 0 unspecified atom stereocenters. The molecule has 1 aromatic heterocycles. The van der Waals surface area contributed by atoms with E-state index < -0.39 is 0 Å². The third-order valence-corrected chi connectivity index (χ3v) is 2.56. The first-order chi connectivity index (χ1) is 8.15. The Morgan fingerprint density at radius 2 is 2.12 bits per heavy atom. The lowest BCUT2D eigenvalue weighted by Gasteiger charge is -2.05. The average molecular weight is 293 g/mol. The van der Waals surface area contributed by atoms with Gasteiger partial charge in [-0.05, 0) is 24.3 Å². The number of hydrogen-bond acceptors (Lipinski definition) is 3. The summed E-state index contributed by atoms with van der Waals surface area (Å²) in [6.07, 6.45) is 2.67. The first-order valence-corrected chi connectivity index (χ1v) is 5.65. The van der Waals surface area contributed by atoms with Crippen LogP contribution >= 0.6 is 15.9 Å². The fraction of sp³-hybridized carbons (Fsp3) is 0. The second-order valence-corrected chi connectivity index (χ2v) is 4.31. The lowest BCUT2D eigenvalue weighted by Crippen LogP contribution is -2.11.